The molecule has 1 saturated heterocycles. The molecule has 0 unspecified atom stereocenters. The zero-order valence-electron chi connectivity index (χ0n) is 17.3. The molecule has 0 aromatic rings. The number of halogens is 6. The van der Waals surface area contributed by atoms with E-state index in [9.17, 15) is 43.2 Å². The van der Waals surface area contributed by atoms with Crippen molar-refractivity contribution in [3.8, 4) is 0 Å². The normalized spacial score (nSPS) is 17.9. The summed E-state index contributed by atoms with van der Waals surface area (Å²) in [6, 6.07) is 0.921. The molecular weight excluding hydrogens is 502 g/mol. The van der Waals surface area contributed by atoms with Crippen molar-refractivity contribution >= 4 is 28.9 Å². The molecule has 1 fully saturated rings. The summed E-state index contributed by atoms with van der Waals surface area (Å²) < 4.78 is 127. The van der Waals surface area contributed by atoms with Crippen LogP contribution in [0.5, 0.6) is 0 Å². The Morgan fingerprint density at radius 1 is 0.839 bits per heavy atom. The van der Waals surface area contributed by atoms with Gasteiger partial charge in [-0.05, 0) is 6.92 Å². The number of sulfonamides is 2. The second-order valence-electron chi connectivity index (χ2n) is 6.50. The first kappa shape index (κ1) is 30.5. The summed E-state index contributed by atoms with van der Waals surface area (Å²) in [5.41, 5.74) is -12.4. The molecule has 0 N–H and O–H groups in total. The molecule has 0 aliphatic carbocycles. The van der Waals surface area contributed by atoms with Crippen LogP contribution in [0.4, 0.5) is 26.3 Å². The maximum Gasteiger partial charge on any atom is 0.505 e. The Hall–Kier alpha value is -0.503. The number of rotatable bonds is 9. The van der Waals surface area contributed by atoms with E-state index < -0.39 is 39.9 Å². The SMILES string of the molecule is CC[N+]1(CC[Si](OC)(OC)OC)CCCC1.O=S(=O)([N-]S(=O)(=O)C(F)(F)F)C(F)(F)F. The van der Waals surface area contributed by atoms with E-state index >= 15 is 0 Å². The molecule has 1 rings (SSSR count). The van der Waals surface area contributed by atoms with Gasteiger partial charge in [0.1, 0.15) is 0 Å². The molecule has 18 heteroatoms. The summed E-state index contributed by atoms with van der Waals surface area (Å²) in [5.74, 6) is 0. The van der Waals surface area contributed by atoms with E-state index in [2.05, 4.69) is 6.92 Å². The molecule has 0 aromatic carbocycles. The van der Waals surface area contributed by atoms with Crippen LogP contribution in [0.3, 0.4) is 0 Å². The second kappa shape index (κ2) is 11.1. The van der Waals surface area contributed by atoms with Crippen LogP contribution in [0.1, 0.15) is 19.8 Å². The first-order valence-corrected chi connectivity index (χ1v) is 13.5. The minimum absolute atomic E-state index is 0.778. The molecule has 31 heavy (non-hydrogen) atoms. The zero-order valence-corrected chi connectivity index (χ0v) is 19.9. The largest absolute Gasteiger partial charge is 0.505 e. The van der Waals surface area contributed by atoms with Gasteiger partial charge >= 0.3 is 19.8 Å². The van der Waals surface area contributed by atoms with Crippen LogP contribution in [0, 0.1) is 0 Å². The highest BCUT2D eigenvalue weighted by atomic mass is 32.3. The highest BCUT2D eigenvalue weighted by molar-refractivity contribution is 8.13. The highest BCUT2D eigenvalue weighted by Gasteiger charge is 2.47. The molecule has 0 atom stereocenters. The van der Waals surface area contributed by atoms with Gasteiger partial charge in [-0.1, -0.05) is 0 Å². The van der Waals surface area contributed by atoms with Crippen LogP contribution < -0.4 is 0 Å². The Kier molecular flexibility index (Phi) is 10.9. The van der Waals surface area contributed by atoms with Crippen molar-refractivity contribution in [1.29, 1.82) is 0 Å². The monoisotopic (exact) mass is 528 g/mol. The van der Waals surface area contributed by atoms with Gasteiger partial charge in [0.15, 0.2) is 20.0 Å². The number of quaternary nitrogens is 1. The van der Waals surface area contributed by atoms with Gasteiger partial charge in [-0.25, -0.2) is 16.8 Å². The smallest absolute Gasteiger partial charge is 0.421 e. The fraction of sp³-hybridized carbons (Fsp3) is 1.00. The maximum absolute atomic E-state index is 11.4. The molecule has 9 nitrogen and oxygen atoms in total. The maximum atomic E-state index is 11.4. The van der Waals surface area contributed by atoms with Crippen molar-refractivity contribution in [2.75, 3.05) is 47.5 Å². The molecule has 1 aliphatic rings. The predicted molar refractivity (Wildman–Crippen MR) is 99.5 cm³/mol. The molecule has 1 heterocycles. The first-order valence-electron chi connectivity index (χ1n) is 8.74. The van der Waals surface area contributed by atoms with E-state index in [1.54, 1.807) is 21.3 Å². The van der Waals surface area contributed by atoms with E-state index in [1.807, 2.05) is 0 Å². The average Bonchev–Trinajstić information content (AvgIpc) is 3.11. The predicted octanol–water partition coefficient (Wildman–Crippen LogP) is 2.55. The van der Waals surface area contributed by atoms with Crippen LogP contribution >= 0.6 is 0 Å². The number of nitrogens with zero attached hydrogens (tertiary/aromatic N) is 2. The van der Waals surface area contributed by atoms with Crippen LogP contribution in [0.2, 0.25) is 6.04 Å². The highest BCUT2D eigenvalue weighted by Crippen LogP contribution is 2.36. The molecule has 0 radical (unpaired) electrons. The van der Waals surface area contributed by atoms with Gasteiger partial charge in [-0.15, -0.1) is 0 Å². The van der Waals surface area contributed by atoms with Crippen molar-refractivity contribution in [2.45, 2.75) is 36.8 Å². The summed E-state index contributed by atoms with van der Waals surface area (Å²) >= 11 is 0. The van der Waals surface area contributed by atoms with Crippen molar-refractivity contribution in [3.63, 3.8) is 0 Å². The molecule has 0 aromatic heterocycles. The van der Waals surface area contributed by atoms with Crippen LogP contribution in [-0.2, 0) is 33.3 Å². The van der Waals surface area contributed by atoms with E-state index in [1.165, 1.54) is 37.0 Å². The third-order valence-corrected chi connectivity index (χ3v) is 10.2. The summed E-state index contributed by atoms with van der Waals surface area (Å²) in [6.07, 6.45) is 2.71. The number of hydrogen-bond acceptors (Lipinski definition) is 7. The first-order chi connectivity index (χ1) is 13.9. The van der Waals surface area contributed by atoms with Gasteiger partial charge in [0.25, 0.3) is 0 Å². The van der Waals surface area contributed by atoms with Crippen molar-refractivity contribution in [3.05, 3.63) is 4.13 Å². The Bertz CT molecular complexity index is 705. The number of alkyl halides is 6. The molecule has 1 aliphatic heterocycles. The lowest BCUT2D eigenvalue weighted by atomic mass is 10.4. The zero-order chi connectivity index (χ0) is 24.8. The van der Waals surface area contributed by atoms with E-state index in [0.29, 0.717) is 0 Å². The molecule has 0 saturated carbocycles. The van der Waals surface area contributed by atoms with Gasteiger partial charge in [-0.2, -0.15) is 26.3 Å². The lowest BCUT2D eigenvalue weighted by Crippen LogP contribution is -2.52. The van der Waals surface area contributed by atoms with Gasteiger partial charge in [-0.3, -0.25) is 0 Å². The Morgan fingerprint density at radius 2 is 1.19 bits per heavy atom. The van der Waals surface area contributed by atoms with E-state index in [4.69, 9.17) is 13.3 Å². The van der Waals surface area contributed by atoms with Crippen molar-refractivity contribution in [2.24, 2.45) is 0 Å². The summed E-state index contributed by atoms with van der Waals surface area (Å²) in [4.78, 5) is 0. The van der Waals surface area contributed by atoms with Crippen molar-refractivity contribution in [1.82, 2.24) is 0 Å². The van der Waals surface area contributed by atoms with Crippen LogP contribution in [0.15, 0.2) is 0 Å². The Balaban J connectivity index is 0.000000582. The third-order valence-electron chi connectivity index (χ3n) is 4.79. The number of hydrogen-bond donors (Lipinski definition) is 0. The molecular formula is C13H26F6N2O7S2Si. The molecule has 188 valence electrons. The Morgan fingerprint density at radius 3 is 1.45 bits per heavy atom. The topological polar surface area (TPSA) is 110 Å². The van der Waals surface area contributed by atoms with Crippen LogP contribution in [0.25, 0.3) is 4.13 Å². The fourth-order valence-electron chi connectivity index (χ4n) is 2.85. The van der Waals surface area contributed by atoms with Gasteiger partial charge in [0.05, 0.1) is 32.2 Å². The standard InChI is InChI=1S/C11H26NO3Si.C2F6NO4S2/c1-5-12(8-6-7-9-12)10-11-16(13-2,14-3)15-4;3-1(4,5)14(10,11)9-15(12,13)2(6,7)8/h5-11H2,1-4H3;/q+1;-1. The summed E-state index contributed by atoms with van der Waals surface area (Å²) in [7, 11) is -10.7. The molecule has 0 bridgehead atoms. The lowest BCUT2D eigenvalue weighted by molar-refractivity contribution is -0.913. The Labute approximate surface area is 178 Å². The van der Waals surface area contributed by atoms with Crippen molar-refractivity contribution < 1.29 is 60.9 Å². The minimum Gasteiger partial charge on any atom is -0.421 e. The lowest BCUT2D eigenvalue weighted by Gasteiger charge is -2.35. The van der Waals surface area contributed by atoms with Gasteiger partial charge in [0, 0.05) is 34.2 Å². The minimum atomic E-state index is -6.72. The van der Waals surface area contributed by atoms with E-state index in [-0.39, 0.29) is 0 Å². The number of likely N-dealkylation sites (tertiary alicyclic amines) is 1. The second-order valence-corrected chi connectivity index (χ2v) is 13.0. The van der Waals surface area contributed by atoms with Gasteiger partial charge < -0.3 is 21.9 Å². The summed E-state index contributed by atoms with van der Waals surface area (Å²) in [5, 5.41) is 0. The molecule has 0 spiro atoms. The van der Waals surface area contributed by atoms with Gasteiger partial charge in [0.2, 0.25) is 0 Å². The average molecular weight is 529 g/mol. The van der Waals surface area contributed by atoms with Crippen LogP contribution in [-0.4, -0.2) is 88.6 Å². The fourth-order valence-corrected chi connectivity index (χ4v) is 6.42. The quantitative estimate of drug-likeness (QED) is 0.257. The molecule has 0 amide bonds. The summed E-state index contributed by atoms with van der Waals surface area (Å²) in [6.45, 7) is 7.22. The van der Waals surface area contributed by atoms with E-state index in [0.717, 1.165) is 16.7 Å². The third kappa shape index (κ3) is 8.41.